The average molecular weight is 345 g/mol. The lowest BCUT2D eigenvalue weighted by atomic mass is 10.2. The van der Waals surface area contributed by atoms with Crippen molar-refractivity contribution in [3.63, 3.8) is 0 Å². The van der Waals surface area contributed by atoms with Gasteiger partial charge in [0.25, 0.3) is 0 Å². The molecule has 0 radical (unpaired) electrons. The van der Waals surface area contributed by atoms with E-state index >= 15 is 0 Å². The van der Waals surface area contributed by atoms with Crippen LogP contribution in [-0.2, 0) is 9.53 Å². The number of rotatable bonds is 9. The zero-order valence-corrected chi connectivity index (χ0v) is 15.3. The van der Waals surface area contributed by atoms with Crippen LogP contribution in [0, 0.1) is 0 Å². The van der Waals surface area contributed by atoms with Gasteiger partial charge in [0, 0.05) is 43.6 Å². The lowest BCUT2D eigenvalue weighted by Gasteiger charge is -2.36. The van der Waals surface area contributed by atoms with E-state index in [4.69, 9.17) is 10.5 Å². The lowest BCUT2D eigenvalue weighted by Crippen LogP contribution is -2.46. The summed E-state index contributed by atoms with van der Waals surface area (Å²) < 4.78 is 5.09. The van der Waals surface area contributed by atoms with Gasteiger partial charge >= 0.3 is 5.97 Å². The number of ether oxygens (including phenoxy) is 1. The molecule has 1 aromatic rings. The Labute approximate surface area is 151 Å². The van der Waals surface area contributed by atoms with E-state index < -0.39 is 0 Å². The van der Waals surface area contributed by atoms with Crippen molar-refractivity contribution in [3.05, 3.63) is 42.1 Å². The Morgan fingerprint density at radius 3 is 2.44 bits per heavy atom. The molecule has 1 heterocycles. The number of benzene rings is 1. The van der Waals surface area contributed by atoms with Crippen LogP contribution >= 0.6 is 0 Å². The van der Waals surface area contributed by atoms with Crippen molar-refractivity contribution >= 4 is 11.7 Å². The van der Waals surface area contributed by atoms with Gasteiger partial charge in [0.2, 0.25) is 0 Å². The molecule has 0 unspecified atom stereocenters. The number of carbonyl (C=O) groups is 1. The van der Waals surface area contributed by atoms with Crippen molar-refractivity contribution in [3.8, 4) is 0 Å². The number of allylic oxidation sites excluding steroid dienone is 1. The van der Waals surface area contributed by atoms with Gasteiger partial charge in [-0.1, -0.05) is 31.0 Å². The third-order valence-corrected chi connectivity index (χ3v) is 4.45. The molecule has 0 amide bonds. The molecule has 1 fully saturated rings. The van der Waals surface area contributed by atoms with Crippen LogP contribution in [0.1, 0.15) is 32.6 Å². The molecule has 2 rings (SSSR count). The minimum atomic E-state index is -0.337. The van der Waals surface area contributed by atoms with Gasteiger partial charge in [-0.15, -0.1) is 0 Å². The van der Waals surface area contributed by atoms with Gasteiger partial charge < -0.3 is 15.4 Å². The van der Waals surface area contributed by atoms with Gasteiger partial charge in [0.05, 0.1) is 6.61 Å². The van der Waals surface area contributed by atoms with Gasteiger partial charge in [-0.3, -0.25) is 4.90 Å². The van der Waals surface area contributed by atoms with E-state index in [1.165, 1.54) is 24.6 Å². The zero-order chi connectivity index (χ0) is 17.9. The SMILES string of the molecule is CC(N)=CC(=O)OCCCCCCN1CCN(c2ccccc2)CC1. The molecule has 1 saturated heterocycles. The average Bonchev–Trinajstić information content (AvgIpc) is 2.61. The number of esters is 1. The number of carbonyl (C=O) groups excluding carboxylic acids is 1. The van der Waals surface area contributed by atoms with E-state index in [0.717, 1.165) is 45.6 Å². The Bertz CT molecular complexity index is 533. The third-order valence-electron chi connectivity index (χ3n) is 4.45. The van der Waals surface area contributed by atoms with Crippen LogP contribution in [0.5, 0.6) is 0 Å². The van der Waals surface area contributed by atoms with Gasteiger partial charge in [-0.25, -0.2) is 4.79 Å². The molecule has 5 heteroatoms. The van der Waals surface area contributed by atoms with Crippen molar-refractivity contribution in [1.82, 2.24) is 4.90 Å². The highest BCUT2D eigenvalue weighted by Crippen LogP contribution is 2.15. The number of hydrogen-bond acceptors (Lipinski definition) is 5. The summed E-state index contributed by atoms with van der Waals surface area (Å²) in [6.07, 6.45) is 5.74. The van der Waals surface area contributed by atoms with Crippen LogP contribution in [0.25, 0.3) is 0 Å². The maximum absolute atomic E-state index is 11.3. The Kier molecular flexibility index (Phi) is 8.32. The molecule has 0 spiro atoms. The molecule has 2 N–H and O–H groups in total. The van der Waals surface area contributed by atoms with E-state index in [0.29, 0.717) is 12.3 Å². The molecule has 0 atom stereocenters. The topological polar surface area (TPSA) is 58.8 Å². The Hall–Kier alpha value is -2.01. The maximum Gasteiger partial charge on any atom is 0.332 e. The molecular weight excluding hydrogens is 314 g/mol. The van der Waals surface area contributed by atoms with Crippen LogP contribution in [-0.4, -0.2) is 50.2 Å². The van der Waals surface area contributed by atoms with E-state index in [2.05, 4.69) is 40.1 Å². The number of piperazine rings is 1. The Morgan fingerprint density at radius 2 is 1.76 bits per heavy atom. The van der Waals surface area contributed by atoms with E-state index in [1.807, 2.05) is 0 Å². The smallest absolute Gasteiger partial charge is 0.332 e. The normalized spacial score (nSPS) is 16.0. The molecule has 5 nitrogen and oxygen atoms in total. The first-order valence-corrected chi connectivity index (χ1v) is 9.28. The number of para-hydroxylation sites is 1. The van der Waals surface area contributed by atoms with E-state index in [-0.39, 0.29) is 5.97 Å². The van der Waals surface area contributed by atoms with Gasteiger partial charge in [0.1, 0.15) is 0 Å². The van der Waals surface area contributed by atoms with Crippen molar-refractivity contribution < 1.29 is 9.53 Å². The van der Waals surface area contributed by atoms with Gasteiger partial charge in [0.15, 0.2) is 0 Å². The molecule has 1 aliphatic heterocycles. The first-order valence-electron chi connectivity index (χ1n) is 9.28. The quantitative estimate of drug-likeness (QED) is 0.424. The van der Waals surface area contributed by atoms with Crippen LogP contribution in [0.3, 0.4) is 0 Å². The van der Waals surface area contributed by atoms with E-state index in [1.54, 1.807) is 6.92 Å². The molecule has 0 saturated carbocycles. The van der Waals surface area contributed by atoms with Crippen molar-refractivity contribution in [1.29, 1.82) is 0 Å². The van der Waals surface area contributed by atoms with Crippen molar-refractivity contribution in [2.24, 2.45) is 5.73 Å². The highest BCUT2D eigenvalue weighted by atomic mass is 16.5. The minimum Gasteiger partial charge on any atom is -0.462 e. The molecule has 1 aliphatic rings. The summed E-state index contributed by atoms with van der Waals surface area (Å²) in [5.41, 5.74) is 7.24. The van der Waals surface area contributed by atoms with Crippen LogP contribution in [0.4, 0.5) is 5.69 Å². The third kappa shape index (κ3) is 7.61. The molecule has 138 valence electrons. The number of nitrogens with two attached hydrogens (primary N) is 1. The van der Waals surface area contributed by atoms with Crippen molar-refractivity contribution in [2.75, 3.05) is 44.2 Å². The summed E-state index contributed by atoms with van der Waals surface area (Å²) in [7, 11) is 0. The number of hydrogen-bond donors (Lipinski definition) is 1. The molecule has 0 aromatic heterocycles. The summed E-state index contributed by atoms with van der Waals surface area (Å²) in [6.45, 7) is 7.81. The maximum atomic E-state index is 11.3. The largest absolute Gasteiger partial charge is 0.462 e. The first kappa shape index (κ1) is 19.3. The second kappa shape index (κ2) is 10.8. The monoisotopic (exact) mass is 345 g/mol. The Morgan fingerprint density at radius 1 is 1.08 bits per heavy atom. The fourth-order valence-corrected chi connectivity index (χ4v) is 3.06. The predicted octanol–water partition coefficient (Wildman–Crippen LogP) is 2.77. The summed E-state index contributed by atoms with van der Waals surface area (Å²) in [6, 6.07) is 10.6. The summed E-state index contributed by atoms with van der Waals surface area (Å²) in [5, 5.41) is 0. The second-order valence-electron chi connectivity index (χ2n) is 6.63. The minimum absolute atomic E-state index is 0.337. The second-order valence-corrected chi connectivity index (χ2v) is 6.63. The highest BCUT2D eigenvalue weighted by Gasteiger charge is 2.16. The van der Waals surface area contributed by atoms with Crippen LogP contribution in [0.2, 0.25) is 0 Å². The molecular formula is C20H31N3O2. The highest BCUT2D eigenvalue weighted by molar-refractivity contribution is 5.82. The van der Waals surface area contributed by atoms with E-state index in [9.17, 15) is 4.79 Å². The van der Waals surface area contributed by atoms with Crippen molar-refractivity contribution in [2.45, 2.75) is 32.6 Å². The first-order chi connectivity index (χ1) is 12.1. The van der Waals surface area contributed by atoms with Gasteiger partial charge in [-0.2, -0.15) is 0 Å². The van der Waals surface area contributed by atoms with Crippen LogP contribution in [0.15, 0.2) is 42.1 Å². The molecule has 25 heavy (non-hydrogen) atoms. The van der Waals surface area contributed by atoms with Gasteiger partial charge in [-0.05, 0) is 38.4 Å². The fourth-order valence-electron chi connectivity index (χ4n) is 3.06. The fraction of sp³-hybridized carbons (Fsp3) is 0.550. The predicted molar refractivity (Wildman–Crippen MR) is 102 cm³/mol. The number of nitrogens with zero attached hydrogens (tertiary/aromatic N) is 2. The summed E-state index contributed by atoms with van der Waals surface area (Å²) in [4.78, 5) is 16.3. The lowest BCUT2D eigenvalue weighted by molar-refractivity contribution is -0.137. The summed E-state index contributed by atoms with van der Waals surface area (Å²) >= 11 is 0. The Balaban J connectivity index is 1.48. The zero-order valence-electron chi connectivity index (χ0n) is 15.3. The molecule has 1 aromatic carbocycles. The standard InChI is InChI=1S/C20H31N3O2/c1-18(21)17-20(24)25-16-8-3-2-7-11-22-12-14-23(15-13-22)19-9-5-4-6-10-19/h4-6,9-10,17H,2-3,7-8,11-16,21H2,1H3. The molecule has 0 bridgehead atoms. The number of unbranched alkanes of at least 4 members (excludes halogenated alkanes) is 3. The summed E-state index contributed by atoms with van der Waals surface area (Å²) in [5.74, 6) is -0.337. The molecule has 0 aliphatic carbocycles. The van der Waals surface area contributed by atoms with Crippen LogP contribution < -0.4 is 10.6 Å². The number of anilines is 1.